The molecule has 6 heteroatoms. The maximum Gasteiger partial charge on any atom is 0.191 e. The van der Waals surface area contributed by atoms with Crippen molar-refractivity contribution in [1.82, 2.24) is 10.6 Å². The summed E-state index contributed by atoms with van der Waals surface area (Å²) in [6, 6.07) is 16.6. The van der Waals surface area contributed by atoms with Crippen LogP contribution in [-0.4, -0.2) is 19.0 Å². The maximum absolute atomic E-state index is 13.9. The van der Waals surface area contributed by atoms with Gasteiger partial charge in [-0.1, -0.05) is 36.4 Å². The van der Waals surface area contributed by atoms with Crippen molar-refractivity contribution in [3.8, 4) is 6.07 Å². The topological polar surface area (TPSA) is 60.2 Å². The van der Waals surface area contributed by atoms with Gasteiger partial charge < -0.3 is 10.6 Å². The van der Waals surface area contributed by atoms with Crippen molar-refractivity contribution in [2.75, 3.05) is 13.1 Å². The Balaban J connectivity index is 0.00000312. The number of rotatable bonds is 6. The molecule has 0 saturated heterocycles. The molecule has 0 unspecified atom stereocenters. The summed E-state index contributed by atoms with van der Waals surface area (Å²) in [7, 11) is 0. The van der Waals surface area contributed by atoms with Crippen LogP contribution in [0.4, 0.5) is 4.39 Å². The lowest BCUT2D eigenvalue weighted by atomic mass is 10.1. The van der Waals surface area contributed by atoms with E-state index in [-0.39, 0.29) is 30.5 Å². The molecule has 0 amide bonds. The van der Waals surface area contributed by atoms with Crippen LogP contribution < -0.4 is 10.6 Å². The van der Waals surface area contributed by atoms with Gasteiger partial charge in [-0.2, -0.15) is 5.26 Å². The summed E-state index contributed by atoms with van der Waals surface area (Å²) in [5.41, 5.74) is 2.03. The van der Waals surface area contributed by atoms with Gasteiger partial charge in [-0.15, -0.1) is 24.0 Å². The summed E-state index contributed by atoms with van der Waals surface area (Å²) < 4.78 is 13.9. The van der Waals surface area contributed by atoms with E-state index in [4.69, 9.17) is 5.26 Å². The van der Waals surface area contributed by atoms with Gasteiger partial charge in [0.15, 0.2) is 5.96 Å². The average Bonchev–Trinajstić information content (AvgIpc) is 2.61. The standard InChI is InChI=1S/C19H21FN4.HI/c1-2-22-19(23-11-10-15-6-4-3-5-7-15)24-14-17-9-8-16(13-21)12-18(17)20;/h3-9,12H,2,10-11,14H2,1H3,(H2,22,23,24);1H. The van der Waals surface area contributed by atoms with Crippen molar-refractivity contribution in [2.45, 2.75) is 19.9 Å². The highest BCUT2D eigenvalue weighted by molar-refractivity contribution is 14.0. The Labute approximate surface area is 165 Å². The van der Waals surface area contributed by atoms with Crippen LogP contribution in [0.25, 0.3) is 0 Å². The molecule has 0 saturated carbocycles. The molecular weight excluding hydrogens is 430 g/mol. The van der Waals surface area contributed by atoms with Gasteiger partial charge in [-0.05, 0) is 31.0 Å². The van der Waals surface area contributed by atoms with Crippen LogP contribution in [0, 0.1) is 17.1 Å². The normalized spacial score (nSPS) is 10.5. The van der Waals surface area contributed by atoms with Crippen molar-refractivity contribution < 1.29 is 4.39 Å². The van der Waals surface area contributed by atoms with Gasteiger partial charge in [0.25, 0.3) is 0 Å². The third kappa shape index (κ3) is 7.10. The molecule has 2 N–H and O–H groups in total. The Morgan fingerprint density at radius 1 is 1.16 bits per heavy atom. The molecule has 2 aromatic carbocycles. The first kappa shape index (κ1) is 20.9. The van der Waals surface area contributed by atoms with Crippen molar-refractivity contribution >= 4 is 29.9 Å². The summed E-state index contributed by atoms with van der Waals surface area (Å²) in [5, 5.41) is 15.2. The number of hydrogen-bond donors (Lipinski definition) is 2. The third-order valence-corrected chi connectivity index (χ3v) is 3.48. The van der Waals surface area contributed by atoms with Crippen molar-refractivity contribution in [3.05, 3.63) is 71.0 Å². The van der Waals surface area contributed by atoms with E-state index >= 15 is 0 Å². The smallest absolute Gasteiger partial charge is 0.191 e. The third-order valence-electron chi connectivity index (χ3n) is 3.48. The van der Waals surface area contributed by atoms with E-state index in [1.165, 1.54) is 11.6 Å². The Kier molecular flexibility index (Phi) is 9.55. The van der Waals surface area contributed by atoms with E-state index in [0.29, 0.717) is 17.1 Å². The Hall–Kier alpha value is -2.14. The van der Waals surface area contributed by atoms with E-state index in [0.717, 1.165) is 19.5 Å². The molecule has 0 heterocycles. The zero-order valence-electron chi connectivity index (χ0n) is 14.1. The van der Waals surface area contributed by atoms with Crippen molar-refractivity contribution in [2.24, 2.45) is 4.99 Å². The summed E-state index contributed by atoms with van der Waals surface area (Å²) in [5.74, 6) is 0.245. The zero-order chi connectivity index (χ0) is 17.2. The lowest BCUT2D eigenvalue weighted by molar-refractivity contribution is 0.609. The second-order valence-electron chi connectivity index (χ2n) is 5.28. The predicted molar refractivity (Wildman–Crippen MR) is 109 cm³/mol. The van der Waals surface area contributed by atoms with Crippen LogP contribution in [-0.2, 0) is 13.0 Å². The second-order valence-corrected chi connectivity index (χ2v) is 5.28. The van der Waals surface area contributed by atoms with Gasteiger partial charge in [0.1, 0.15) is 5.82 Å². The number of hydrogen-bond acceptors (Lipinski definition) is 2. The van der Waals surface area contributed by atoms with Crippen LogP contribution in [0.3, 0.4) is 0 Å². The molecule has 0 radical (unpaired) electrons. The SMILES string of the molecule is CCNC(=NCc1ccc(C#N)cc1F)NCCc1ccccc1.I. The Bertz CT molecular complexity index is 726. The highest BCUT2D eigenvalue weighted by atomic mass is 127. The van der Waals surface area contributed by atoms with Crippen LogP contribution >= 0.6 is 24.0 Å². The van der Waals surface area contributed by atoms with Gasteiger partial charge in [0.2, 0.25) is 0 Å². The van der Waals surface area contributed by atoms with Crippen LogP contribution in [0.1, 0.15) is 23.6 Å². The number of aliphatic imine (C=N–C) groups is 1. The summed E-state index contributed by atoms with van der Waals surface area (Å²) in [4.78, 5) is 4.40. The van der Waals surface area contributed by atoms with E-state index in [2.05, 4.69) is 27.8 Å². The summed E-state index contributed by atoms with van der Waals surface area (Å²) >= 11 is 0. The highest BCUT2D eigenvalue weighted by Gasteiger charge is 2.04. The van der Waals surface area contributed by atoms with Crippen molar-refractivity contribution in [3.63, 3.8) is 0 Å². The predicted octanol–water partition coefficient (Wildman–Crippen LogP) is 3.61. The molecule has 0 fully saturated rings. The second kappa shape index (κ2) is 11.4. The van der Waals surface area contributed by atoms with E-state index in [9.17, 15) is 4.39 Å². The fraction of sp³-hybridized carbons (Fsp3) is 0.263. The van der Waals surface area contributed by atoms with Gasteiger partial charge >= 0.3 is 0 Å². The molecule has 25 heavy (non-hydrogen) atoms. The minimum Gasteiger partial charge on any atom is -0.357 e. The van der Waals surface area contributed by atoms with E-state index < -0.39 is 5.82 Å². The fourth-order valence-corrected chi connectivity index (χ4v) is 2.22. The van der Waals surface area contributed by atoms with Gasteiger partial charge in [-0.3, -0.25) is 0 Å². The first-order valence-corrected chi connectivity index (χ1v) is 7.97. The van der Waals surface area contributed by atoms with Crippen LogP contribution in [0.15, 0.2) is 53.5 Å². The molecule has 0 bridgehead atoms. The van der Waals surface area contributed by atoms with Gasteiger partial charge in [-0.25, -0.2) is 9.38 Å². The largest absolute Gasteiger partial charge is 0.357 e. The maximum atomic E-state index is 13.9. The number of guanidine groups is 1. The molecule has 0 spiro atoms. The molecule has 0 aliphatic rings. The molecule has 0 atom stereocenters. The minimum atomic E-state index is -0.405. The zero-order valence-corrected chi connectivity index (χ0v) is 16.5. The molecular formula is C19H22FIN4. The van der Waals surface area contributed by atoms with Crippen LogP contribution in [0.2, 0.25) is 0 Å². The molecule has 0 aromatic heterocycles. The minimum absolute atomic E-state index is 0. The number of nitrogens with one attached hydrogen (secondary N) is 2. The number of benzene rings is 2. The molecule has 2 rings (SSSR count). The molecule has 0 aliphatic carbocycles. The van der Waals surface area contributed by atoms with Gasteiger partial charge in [0, 0.05) is 18.7 Å². The first-order valence-electron chi connectivity index (χ1n) is 7.97. The quantitative estimate of drug-likeness (QED) is 0.400. The molecule has 4 nitrogen and oxygen atoms in total. The molecule has 0 aliphatic heterocycles. The number of halogens is 2. The van der Waals surface area contributed by atoms with Crippen molar-refractivity contribution in [1.29, 1.82) is 5.26 Å². The first-order chi connectivity index (χ1) is 11.7. The average molecular weight is 452 g/mol. The van der Waals surface area contributed by atoms with Crippen LogP contribution in [0.5, 0.6) is 0 Å². The fourth-order valence-electron chi connectivity index (χ4n) is 2.22. The lowest BCUT2D eigenvalue weighted by Gasteiger charge is -2.11. The monoisotopic (exact) mass is 452 g/mol. The highest BCUT2D eigenvalue weighted by Crippen LogP contribution is 2.11. The van der Waals surface area contributed by atoms with E-state index in [1.54, 1.807) is 12.1 Å². The number of nitriles is 1. The summed E-state index contributed by atoms with van der Waals surface area (Å²) in [6.45, 7) is 3.67. The Morgan fingerprint density at radius 3 is 2.56 bits per heavy atom. The lowest BCUT2D eigenvalue weighted by Crippen LogP contribution is -2.38. The number of nitrogens with zero attached hydrogens (tertiary/aromatic N) is 2. The van der Waals surface area contributed by atoms with Gasteiger partial charge in [0.05, 0.1) is 18.2 Å². The molecule has 132 valence electrons. The Morgan fingerprint density at radius 2 is 1.92 bits per heavy atom. The molecule has 2 aromatic rings. The summed E-state index contributed by atoms with van der Waals surface area (Å²) in [6.07, 6.45) is 0.885. The van der Waals surface area contributed by atoms with E-state index in [1.807, 2.05) is 31.2 Å².